The minimum absolute atomic E-state index is 0.0430. The quantitative estimate of drug-likeness (QED) is 0.413. The number of nitrogens with one attached hydrogen (secondary N) is 2. The molecule has 3 rings (SSSR count). The van der Waals surface area contributed by atoms with Gasteiger partial charge in [-0.3, -0.25) is 29.8 Å². The second kappa shape index (κ2) is 5.94. The van der Waals surface area contributed by atoms with Crippen LogP contribution in [0, 0.1) is 21.8 Å². The molecule has 1 aromatic carbocycles. The molecule has 2 heterocycles. The van der Waals surface area contributed by atoms with Crippen molar-refractivity contribution in [3.05, 3.63) is 60.9 Å². The number of nitrogens with zero attached hydrogens (tertiary/aromatic N) is 4. The molecule has 0 spiro atoms. The van der Waals surface area contributed by atoms with E-state index in [2.05, 4.69) is 15.5 Å². The molecule has 0 aliphatic heterocycles. The Morgan fingerprint density at radius 1 is 1.40 bits per heavy atom. The normalized spacial score (nSPS) is 10.8. The first-order chi connectivity index (χ1) is 11.8. The molecular formula is C14H12N6O4S. The number of fused-ring (bicyclic) bond motifs is 1. The highest BCUT2D eigenvalue weighted by Crippen LogP contribution is 2.22. The fraction of sp³-hybridized carbons (Fsp3) is 0.143. The number of benzene rings is 1. The molecule has 0 bridgehead atoms. The third kappa shape index (κ3) is 2.70. The number of rotatable bonds is 3. The van der Waals surface area contributed by atoms with Gasteiger partial charge in [0.1, 0.15) is 5.69 Å². The molecule has 0 unspecified atom stereocenters. The topological polar surface area (TPSA) is 128 Å². The van der Waals surface area contributed by atoms with Gasteiger partial charge in [0.2, 0.25) is 5.69 Å². The van der Waals surface area contributed by atoms with Gasteiger partial charge < -0.3 is 4.98 Å². The van der Waals surface area contributed by atoms with Crippen molar-refractivity contribution in [2.75, 3.05) is 5.43 Å². The maximum Gasteiger partial charge on any atom is 0.322 e. The van der Waals surface area contributed by atoms with E-state index in [9.17, 15) is 19.7 Å². The van der Waals surface area contributed by atoms with Crippen LogP contribution in [0.25, 0.3) is 10.9 Å². The number of nitro groups is 1. The van der Waals surface area contributed by atoms with Crippen molar-refractivity contribution < 1.29 is 9.72 Å². The van der Waals surface area contributed by atoms with E-state index in [1.807, 2.05) is 0 Å². The highest BCUT2D eigenvalue weighted by atomic mass is 32.1. The van der Waals surface area contributed by atoms with Crippen molar-refractivity contribution in [1.29, 1.82) is 0 Å². The van der Waals surface area contributed by atoms with Gasteiger partial charge in [0.25, 0.3) is 11.5 Å². The van der Waals surface area contributed by atoms with Crippen molar-refractivity contribution in [3.8, 4) is 0 Å². The van der Waals surface area contributed by atoms with E-state index in [-0.39, 0.29) is 16.2 Å². The van der Waals surface area contributed by atoms with Crippen LogP contribution in [0.15, 0.2) is 29.1 Å². The highest BCUT2D eigenvalue weighted by Gasteiger charge is 2.29. The van der Waals surface area contributed by atoms with Crippen LogP contribution in [0.3, 0.4) is 0 Å². The molecule has 0 saturated heterocycles. The third-order valence-corrected chi connectivity index (χ3v) is 3.89. The molecule has 1 amide bonds. The standard InChI is InChI=1S/C14H12N6O4S/c1-7-10(20(23)24)11(18(2)16-7)12(21)17-19-13(22)8-5-3-4-6-9(8)15-14(19)25/h3-6H,1-2H3,(H,15,25)(H,17,21). The Bertz CT molecular complexity index is 1140. The Kier molecular flexibility index (Phi) is 3.93. The van der Waals surface area contributed by atoms with Crippen LogP contribution in [0.5, 0.6) is 0 Å². The van der Waals surface area contributed by atoms with Crippen LogP contribution >= 0.6 is 12.2 Å². The minimum Gasteiger partial charge on any atom is -0.330 e. The molecule has 0 aliphatic rings. The van der Waals surface area contributed by atoms with E-state index in [0.717, 1.165) is 9.36 Å². The number of H-pyrrole nitrogens is 1. The summed E-state index contributed by atoms with van der Waals surface area (Å²) in [7, 11) is 1.40. The molecule has 0 fully saturated rings. The maximum absolute atomic E-state index is 12.5. The SMILES string of the molecule is Cc1nn(C)c(C(=O)Nn2c(=S)[nH]c3ccccc3c2=O)c1[N+](=O)[O-]. The van der Waals surface area contributed by atoms with Gasteiger partial charge in [0, 0.05) is 7.05 Å². The van der Waals surface area contributed by atoms with Gasteiger partial charge in [-0.2, -0.15) is 9.77 Å². The number of hydrogen-bond acceptors (Lipinski definition) is 6. The molecular weight excluding hydrogens is 348 g/mol. The van der Waals surface area contributed by atoms with Gasteiger partial charge in [0.15, 0.2) is 4.77 Å². The lowest BCUT2D eigenvalue weighted by Gasteiger charge is -2.09. The van der Waals surface area contributed by atoms with Gasteiger partial charge >= 0.3 is 5.69 Å². The van der Waals surface area contributed by atoms with Crippen LogP contribution in [0.1, 0.15) is 16.2 Å². The number of aromatic amines is 1. The molecule has 2 N–H and O–H groups in total. The molecule has 0 aliphatic carbocycles. The summed E-state index contributed by atoms with van der Waals surface area (Å²) in [5.41, 5.74) is 1.66. The average Bonchev–Trinajstić information content (AvgIpc) is 2.85. The van der Waals surface area contributed by atoms with E-state index in [4.69, 9.17) is 12.2 Å². The second-order valence-corrected chi connectivity index (χ2v) is 5.61. The van der Waals surface area contributed by atoms with Crippen LogP contribution in [0.4, 0.5) is 5.69 Å². The maximum atomic E-state index is 12.5. The van der Waals surface area contributed by atoms with Gasteiger partial charge in [0.05, 0.1) is 15.8 Å². The lowest BCUT2D eigenvalue weighted by atomic mass is 10.2. The van der Waals surface area contributed by atoms with Gasteiger partial charge in [-0.15, -0.1) is 0 Å². The lowest BCUT2D eigenvalue weighted by Crippen LogP contribution is -2.35. The predicted octanol–water partition coefficient (Wildman–Crippen LogP) is 1.39. The van der Waals surface area contributed by atoms with Crippen LogP contribution in [-0.4, -0.2) is 30.3 Å². The largest absolute Gasteiger partial charge is 0.330 e. The summed E-state index contributed by atoms with van der Waals surface area (Å²) < 4.78 is 1.88. The molecule has 0 saturated carbocycles. The number of hydrogen-bond donors (Lipinski definition) is 2. The van der Waals surface area contributed by atoms with Gasteiger partial charge in [-0.25, -0.2) is 0 Å². The predicted molar refractivity (Wildman–Crippen MR) is 91.7 cm³/mol. The number of aryl methyl sites for hydroxylation is 2. The van der Waals surface area contributed by atoms with Crippen molar-refractivity contribution in [2.24, 2.45) is 7.05 Å². The highest BCUT2D eigenvalue weighted by molar-refractivity contribution is 7.71. The Balaban J connectivity index is 2.12. The van der Waals surface area contributed by atoms with Gasteiger partial charge in [-0.1, -0.05) is 12.1 Å². The van der Waals surface area contributed by atoms with E-state index in [0.29, 0.717) is 10.9 Å². The first kappa shape index (κ1) is 16.5. The number of aromatic nitrogens is 4. The fourth-order valence-corrected chi connectivity index (χ4v) is 2.78. The van der Waals surface area contributed by atoms with E-state index in [1.54, 1.807) is 24.3 Å². The number of carbonyl (C=O) groups excluding carboxylic acids is 1. The Labute approximate surface area is 144 Å². The molecule has 11 heteroatoms. The van der Waals surface area contributed by atoms with E-state index in [1.165, 1.54) is 14.0 Å². The van der Waals surface area contributed by atoms with Crippen LogP contribution in [-0.2, 0) is 7.05 Å². The molecule has 2 aromatic heterocycles. The average molecular weight is 360 g/mol. The second-order valence-electron chi connectivity index (χ2n) is 5.22. The minimum atomic E-state index is -0.869. The molecule has 128 valence electrons. The fourth-order valence-electron chi connectivity index (χ4n) is 2.54. The summed E-state index contributed by atoms with van der Waals surface area (Å²) in [6, 6.07) is 6.65. The molecule has 3 aromatic rings. The summed E-state index contributed by atoms with van der Waals surface area (Å²) in [4.78, 5) is 38.4. The van der Waals surface area contributed by atoms with Crippen molar-refractivity contribution >= 4 is 34.7 Å². The Hall–Kier alpha value is -3.34. The van der Waals surface area contributed by atoms with Crippen molar-refractivity contribution in [2.45, 2.75) is 6.92 Å². The summed E-state index contributed by atoms with van der Waals surface area (Å²) in [6.07, 6.45) is 0. The van der Waals surface area contributed by atoms with Crippen LogP contribution < -0.4 is 11.0 Å². The summed E-state index contributed by atoms with van der Waals surface area (Å²) in [6.45, 7) is 1.42. The molecule has 25 heavy (non-hydrogen) atoms. The number of carbonyl (C=O) groups is 1. The summed E-state index contributed by atoms with van der Waals surface area (Å²) in [5.74, 6) is -0.869. The summed E-state index contributed by atoms with van der Waals surface area (Å²) >= 11 is 5.09. The first-order valence-corrected chi connectivity index (χ1v) is 7.45. The van der Waals surface area contributed by atoms with E-state index < -0.39 is 22.1 Å². The Morgan fingerprint density at radius 3 is 2.76 bits per heavy atom. The Morgan fingerprint density at radius 2 is 2.08 bits per heavy atom. The molecule has 10 nitrogen and oxygen atoms in total. The monoisotopic (exact) mass is 360 g/mol. The third-order valence-electron chi connectivity index (χ3n) is 3.61. The number of para-hydroxylation sites is 1. The molecule has 0 atom stereocenters. The molecule has 0 radical (unpaired) electrons. The van der Waals surface area contributed by atoms with Gasteiger partial charge in [-0.05, 0) is 31.3 Å². The zero-order chi connectivity index (χ0) is 18.3. The number of amides is 1. The smallest absolute Gasteiger partial charge is 0.322 e. The van der Waals surface area contributed by atoms with Crippen molar-refractivity contribution in [1.82, 2.24) is 19.4 Å². The lowest BCUT2D eigenvalue weighted by molar-refractivity contribution is -0.385. The summed E-state index contributed by atoms with van der Waals surface area (Å²) in [5, 5.41) is 15.4. The van der Waals surface area contributed by atoms with Crippen molar-refractivity contribution in [3.63, 3.8) is 0 Å². The van der Waals surface area contributed by atoms with E-state index >= 15 is 0 Å². The first-order valence-electron chi connectivity index (χ1n) is 7.04. The zero-order valence-electron chi connectivity index (χ0n) is 13.1. The zero-order valence-corrected chi connectivity index (χ0v) is 14.0. The van der Waals surface area contributed by atoms with Crippen LogP contribution in [0.2, 0.25) is 0 Å².